The van der Waals surface area contributed by atoms with Crippen LogP contribution in [0.4, 0.5) is 21.9 Å². The topological polar surface area (TPSA) is 96.5 Å². The molecular formula is C20H23N3O4. The molecule has 0 aliphatic rings. The van der Waals surface area contributed by atoms with Gasteiger partial charge in [-0.2, -0.15) is 0 Å². The third-order valence-electron chi connectivity index (χ3n) is 3.23. The third kappa shape index (κ3) is 6.81. The Hall–Kier alpha value is -3.35. The molecule has 2 rings (SSSR count). The molecule has 0 fully saturated rings. The van der Waals surface area contributed by atoms with Crippen molar-refractivity contribution < 1.29 is 19.1 Å². The van der Waals surface area contributed by atoms with Gasteiger partial charge in [-0.15, -0.1) is 0 Å². The van der Waals surface area contributed by atoms with Crippen LogP contribution < -0.4 is 16.0 Å². The highest BCUT2D eigenvalue weighted by Crippen LogP contribution is 2.17. The number of nitrogens with one attached hydrogen (secondary N) is 3. The van der Waals surface area contributed by atoms with Crippen molar-refractivity contribution in [1.29, 1.82) is 0 Å². The fraction of sp³-hybridized carbons (Fsp3) is 0.250. The highest BCUT2D eigenvalue weighted by atomic mass is 16.6. The molecule has 27 heavy (non-hydrogen) atoms. The SMILES string of the molecule is CC(=O)Nc1ccc(NC(=O)c2cccc(NC(=O)OC(C)(C)C)c2)cc1. The fourth-order valence-electron chi connectivity index (χ4n) is 2.20. The van der Waals surface area contributed by atoms with Gasteiger partial charge >= 0.3 is 6.09 Å². The molecule has 0 unspecified atom stereocenters. The lowest BCUT2D eigenvalue weighted by molar-refractivity contribution is -0.114. The molecule has 0 heterocycles. The van der Waals surface area contributed by atoms with Gasteiger partial charge in [-0.25, -0.2) is 4.79 Å². The average Bonchev–Trinajstić information content (AvgIpc) is 2.54. The molecule has 0 radical (unpaired) electrons. The first-order valence-corrected chi connectivity index (χ1v) is 8.41. The molecular weight excluding hydrogens is 346 g/mol. The monoisotopic (exact) mass is 369 g/mol. The summed E-state index contributed by atoms with van der Waals surface area (Å²) in [5.74, 6) is -0.490. The number of carbonyl (C=O) groups is 3. The fourth-order valence-corrected chi connectivity index (χ4v) is 2.20. The molecule has 7 nitrogen and oxygen atoms in total. The van der Waals surface area contributed by atoms with E-state index in [1.165, 1.54) is 6.92 Å². The van der Waals surface area contributed by atoms with Crippen LogP contribution in [-0.4, -0.2) is 23.5 Å². The third-order valence-corrected chi connectivity index (χ3v) is 3.23. The van der Waals surface area contributed by atoms with Crippen molar-refractivity contribution in [2.45, 2.75) is 33.3 Å². The number of hydrogen-bond acceptors (Lipinski definition) is 4. The molecule has 0 atom stereocenters. The van der Waals surface area contributed by atoms with Gasteiger partial charge in [-0.1, -0.05) is 6.07 Å². The van der Waals surface area contributed by atoms with E-state index in [4.69, 9.17) is 4.74 Å². The normalized spacial score (nSPS) is 10.7. The predicted octanol–water partition coefficient (Wildman–Crippen LogP) is 4.24. The lowest BCUT2D eigenvalue weighted by Crippen LogP contribution is -2.27. The molecule has 0 aliphatic heterocycles. The molecule has 7 heteroatoms. The van der Waals surface area contributed by atoms with E-state index >= 15 is 0 Å². The van der Waals surface area contributed by atoms with Gasteiger partial charge in [-0.3, -0.25) is 14.9 Å². The van der Waals surface area contributed by atoms with Gasteiger partial charge in [0.05, 0.1) is 0 Å². The second-order valence-electron chi connectivity index (χ2n) is 6.92. The van der Waals surface area contributed by atoms with Crippen molar-refractivity contribution >= 4 is 35.0 Å². The van der Waals surface area contributed by atoms with E-state index in [1.807, 2.05) is 0 Å². The maximum Gasteiger partial charge on any atom is 0.412 e. The second-order valence-corrected chi connectivity index (χ2v) is 6.92. The van der Waals surface area contributed by atoms with Gasteiger partial charge in [0.25, 0.3) is 5.91 Å². The summed E-state index contributed by atoms with van der Waals surface area (Å²) in [4.78, 5) is 35.3. The Bertz CT molecular complexity index is 839. The largest absolute Gasteiger partial charge is 0.444 e. The number of rotatable bonds is 4. The molecule has 142 valence electrons. The summed E-state index contributed by atoms with van der Waals surface area (Å²) in [5.41, 5.74) is 1.46. The minimum atomic E-state index is -0.609. The highest BCUT2D eigenvalue weighted by molar-refractivity contribution is 6.05. The molecule has 0 saturated carbocycles. The van der Waals surface area contributed by atoms with Crippen LogP contribution in [0, 0.1) is 0 Å². The van der Waals surface area contributed by atoms with Crippen molar-refractivity contribution in [2.24, 2.45) is 0 Å². The second kappa shape index (κ2) is 8.35. The lowest BCUT2D eigenvalue weighted by Gasteiger charge is -2.19. The van der Waals surface area contributed by atoms with Gasteiger partial charge in [0, 0.05) is 29.5 Å². The van der Waals surface area contributed by atoms with E-state index in [0.717, 1.165) is 0 Å². The smallest absolute Gasteiger partial charge is 0.412 e. The summed E-state index contributed by atoms with van der Waals surface area (Å²) < 4.78 is 5.20. The van der Waals surface area contributed by atoms with Crippen LogP contribution in [0.3, 0.4) is 0 Å². The van der Waals surface area contributed by atoms with E-state index in [9.17, 15) is 14.4 Å². The van der Waals surface area contributed by atoms with Crippen molar-refractivity contribution in [2.75, 3.05) is 16.0 Å². The summed E-state index contributed by atoms with van der Waals surface area (Å²) >= 11 is 0. The van der Waals surface area contributed by atoms with Crippen molar-refractivity contribution in [3.8, 4) is 0 Å². The van der Waals surface area contributed by atoms with Crippen molar-refractivity contribution in [3.05, 3.63) is 54.1 Å². The zero-order valence-corrected chi connectivity index (χ0v) is 15.8. The first-order valence-electron chi connectivity index (χ1n) is 8.41. The zero-order chi connectivity index (χ0) is 20.0. The van der Waals surface area contributed by atoms with Crippen LogP contribution in [0.5, 0.6) is 0 Å². The predicted molar refractivity (Wildman–Crippen MR) is 105 cm³/mol. The maximum atomic E-state index is 12.4. The minimum Gasteiger partial charge on any atom is -0.444 e. The summed E-state index contributed by atoms with van der Waals surface area (Å²) in [6.07, 6.45) is -0.589. The number of anilines is 3. The highest BCUT2D eigenvalue weighted by Gasteiger charge is 2.16. The standard InChI is InChI=1S/C20H23N3O4/c1-13(24)21-15-8-10-16(11-9-15)22-18(25)14-6-5-7-17(12-14)23-19(26)27-20(2,3)4/h5-12H,1-4H3,(H,21,24)(H,22,25)(H,23,26). The van der Waals surface area contributed by atoms with Gasteiger partial charge in [0.2, 0.25) is 5.91 Å². The first kappa shape index (κ1) is 20.0. The number of hydrogen-bond donors (Lipinski definition) is 3. The molecule has 0 aliphatic carbocycles. The number of ether oxygens (including phenoxy) is 1. The molecule has 2 aromatic carbocycles. The zero-order valence-electron chi connectivity index (χ0n) is 15.8. The summed E-state index contributed by atoms with van der Waals surface area (Å²) in [5, 5.41) is 8.02. The van der Waals surface area contributed by atoms with E-state index in [1.54, 1.807) is 69.3 Å². The van der Waals surface area contributed by atoms with Gasteiger partial charge in [0.15, 0.2) is 0 Å². The molecule has 0 spiro atoms. The Morgan fingerprint density at radius 2 is 1.41 bits per heavy atom. The minimum absolute atomic E-state index is 0.166. The summed E-state index contributed by atoms with van der Waals surface area (Å²) in [6.45, 7) is 6.74. The molecule has 2 aromatic rings. The maximum absolute atomic E-state index is 12.4. The van der Waals surface area contributed by atoms with E-state index in [-0.39, 0.29) is 11.8 Å². The average molecular weight is 369 g/mol. The van der Waals surface area contributed by atoms with Crippen LogP contribution in [0.15, 0.2) is 48.5 Å². The van der Waals surface area contributed by atoms with Crippen molar-refractivity contribution in [3.63, 3.8) is 0 Å². The van der Waals surface area contributed by atoms with Crippen LogP contribution in [0.2, 0.25) is 0 Å². The Kier molecular flexibility index (Phi) is 6.18. The quantitative estimate of drug-likeness (QED) is 0.751. The Morgan fingerprint density at radius 3 is 1.96 bits per heavy atom. The van der Waals surface area contributed by atoms with E-state index < -0.39 is 11.7 Å². The van der Waals surface area contributed by atoms with Crippen LogP contribution in [0.1, 0.15) is 38.1 Å². The van der Waals surface area contributed by atoms with E-state index in [0.29, 0.717) is 22.6 Å². The summed E-state index contributed by atoms with van der Waals surface area (Å²) in [6, 6.07) is 13.3. The Labute approximate surface area is 158 Å². The lowest BCUT2D eigenvalue weighted by atomic mass is 10.1. The molecule has 3 N–H and O–H groups in total. The molecule has 0 saturated heterocycles. The van der Waals surface area contributed by atoms with Crippen LogP contribution in [0.25, 0.3) is 0 Å². The van der Waals surface area contributed by atoms with Gasteiger partial charge < -0.3 is 15.4 Å². The molecule has 0 bridgehead atoms. The first-order chi connectivity index (χ1) is 12.6. The van der Waals surface area contributed by atoms with E-state index in [2.05, 4.69) is 16.0 Å². The van der Waals surface area contributed by atoms with Crippen LogP contribution >= 0.6 is 0 Å². The molecule has 3 amide bonds. The number of amides is 3. The van der Waals surface area contributed by atoms with Crippen LogP contribution in [-0.2, 0) is 9.53 Å². The van der Waals surface area contributed by atoms with Gasteiger partial charge in [0.1, 0.15) is 5.60 Å². The van der Waals surface area contributed by atoms with Crippen molar-refractivity contribution in [1.82, 2.24) is 0 Å². The number of carbonyl (C=O) groups excluding carboxylic acids is 3. The number of benzene rings is 2. The van der Waals surface area contributed by atoms with Gasteiger partial charge in [-0.05, 0) is 63.2 Å². The summed E-state index contributed by atoms with van der Waals surface area (Å²) in [7, 11) is 0. The Balaban J connectivity index is 2.02. The Morgan fingerprint density at radius 1 is 0.815 bits per heavy atom. The molecule has 0 aromatic heterocycles.